The molecule has 1 aliphatic heterocycles. The number of hydrogen-bond acceptors (Lipinski definition) is 2. The molecule has 0 radical (unpaired) electrons. The number of ether oxygens (including phenoxy) is 1. The van der Waals surface area contributed by atoms with E-state index in [0.29, 0.717) is 0 Å². The first-order chi connectivity index (χ1) is 7.48. The molecule has 1 aliphatic rings. The second-order valence-electron chi connectivity index (χ2n) is 5.60. The van der Waals surface area contributed by atoms with Crippen molar-refractivity contribution in [3.63, 3.8) is 0 Å². The Kier molecular flexibility index (Phi) is 2.94. The van der Waals surface area contributed by atoms with Crippen molar-refractivity contribution in [1.82, 2.24) is 0 Å². The summed E-state index contributed by atoms with van der Waals surface area (Å²) < 4.78 is 5.71. The first-order valence-corrected chi connectivity index (χ1v) is 6.01. The lowest BCUT2D eigenvalue weighted by atomic mass is 9.85. The predicted molar refractivity (Wildman–Crippen MR) is 66.8 cm³/mol. The van der Waals surface area contributed by atoms with Crippen molar-refractivity contribution in [2.45, 2.75) is 45.1 Å². The van der Waals surface area contributed by atoms with E-state index < -0.39 is 0 Å². The van der Waals surface area contributed by atoms with Crippen molar-refractivity contribution in [3.05, 3.63) is 29.3 Å². The Bertz CT molecular complexity index is 379. The average Bonchev–Trinajstić information content (AvgIpc) is 2.39. The Balaban J connectivity index is 2.43. The summed E-state index contributed by atoms with van der Waals surface area (Å²) in [7, 11) is 0. The lowest BCUT2D eigenvalue weighted by Crippen LogP contribution is -2.14. The van der Waals surface area contributed by atoms with E-state index in [1.807, 2.05) is 0 Å². The summed E-state index contributed by atoms with van der Waals surface area (Å²) in [4.78, 5) is 0. The molecule has 1 aromatic rings. The zero-order valence-electron chi connectivity index (χ0n) is 10.4. The normalized spacial score (nSPS) is 20.9. The maximum atomic E-state index is 6.18. The summed E-state index contributed by atoms with van der Waals surface area (Å²) in [5.74, 6) is 0.970. The van der Waals surface area contributed by atoms with Crippen LogP contribution in [0.2, 0.25) is 0 Å². The molecule has 1 heterocycles. The maximum absolute atomic E-state index is 6.18. The van der Waals surface area contributed by atoms with Gasteiger partial charge < -0.3 is 10.5 Å². The standard InChI is InChI=1S/C14H21NO/c1-14(2,3)10-6-7-13-11(9-10)12(15)5-4-8-16-13/h6-7,9,12H,4-5,8,15H2,1-3H3. The van der Waals surface area contributed by atoms with E-state index in [1.165, 1.54) is 11.1 Å². The highest BCUT2D eigenvalue weighted by Gasteiger charge is 2.20. The zero-order valence-corrected chi connectivity index (χ0v) is 10.4. The van der Waals surface area contributed by atoms with Gasteiger partial charge in [-0.1, -0.05) is 32.9 Å². The molecule has 1 unspecified atom stereocenters. The molecule has 0 bridgehead atoms. The van der Waals surface area contributed by atoms with Crippen LogP contribution in [0.3, 0.4) is 0 Å². The van der Waals surface area contributed by atoms with Crippen LogP contribution < -0.4 is 10.5 Å². The predicted octanol–water partition coefficient (Wildman–Crippen LogP) is 3.16. The van der Waals surface area contributed by atoms with Crippen molar-refractivity contribution in [3.8, 4) is 5.75 Å². The molecular weight excluding hydrogens is 198 g/mol. The Morgan fingerprint density at radius 1 is 1.31 bits per heavy atom. The fourth-order valence-corrected chi connectivity index (χ4v) is 2.08. The van der Waals surface area contributed by atoms with Crippen LogP contribution in [-0.2, 0) is 5.41 Å². The van der Waals surface area contributed by atoms with Crippen LogP contribution in [0.4, 0.5) is 0 Å². The van der Waals surface area contributed by atoms with Gasteiger partial charge in [-0.15, -0.1) is 0 Å². The van der Waals surface area contributed by atoms with E-state index in [0.717, 1.165) is 25.2 Å². The molecule has 0 spiro atoms. The zero-order chi connectivity index (χ0) is 11.8. The van der Waals surface area contributed by atoms with Crippen LogP contribution in [0.25, 0.3) is 0 Å². The lowest BCUT2D eigenvalue weighted by Gasteiger charge is -2.22. The van der Waals surface area contributed by atoms with Gasteiger partial charge in [0.2, 0.25) is 0 Å². The van der Waals surface area contributed by atoms with Gasteiger partial charge in [0.25, 0.3) is 0 Å². The Morgan fingerprint density at radius 3 is 2.75 bits per heavy atom. The molecule has 0 amide bonds. The Hall–Kier alpha value is -1.02. The van der Waals surface area contributed by atoms with Gasteiger partial charge in [-0.3, -0.25) is 0 Å². The highest BCUT2D eigenvalue weighted by atomic mass is 16.5. The molecule has 0 aliphatic carbocycles. The van der Waals surface area contributed by atoms with Crippen molar-refractivity contribution in [2.24, 2.45) is 5.73 Å². The number of rotatable bonds is 0. The average molecular weight is 219 g/mol. The maximum Gasteiger partial charge on any atom is 0.124 e. The SMILES string of the molecule is CC(C)(C)c1ccc2c(c1)C(N)CCCO2. The molecule has 0 saturated heterocycles. The fourth-order valence-electron chi connectivity index (χ4n) is 2.08. The molecule has 0 fully saturated rings. The Morgan fingerprint density at radius 2 is 2.06 bits per heavy atom. The van der Waals surface area contributed by atoms with Gasteiger partial charge in [0.05, 0.1) is 6.61 Å². The highest BCUT2D eigenvalue weighted by Crippen LogP contribution is 2.34. The smallest absolute Gasteiger partial charge is 0.124 e. The molecule has 88 valence electrons. The quantitative estimate of drug-likeness (QED) is 0.727. The first-order valence-electron chi connectivity index (χ1n) is 6.01. The number of fused-ring (bicyclic) bond motifs is 1. The van der Waals surface area contributed by atoms with Gasteiger partial charge in [0.1, 0.15) is 5.75 Å². The lowest BCUT2D eigenvalue weighted by molar-refractivity contribution is 0.316. The molecule has 2 heteroatoms. The van der Waals surface area contributed by atoms with Gasteiger partial charge in [-0.05, 0) is 29.9 Å². The van der Waals surface area contributed by atoms with E-state index in [-0.39, 0.29) is 11.5 Å². The Labute approximate surface area is 97.8 Å². The largest absolute Gasteiger partial charge is 0.493 e. The number of benzene rings is 1. The minimum Gasteiger partial charge on any atom is -0.493 e. The molecule has 1 atom stereocenters. The van der Waals surface area contributed by atoms with Crippen LogP contribution in [0, 0.1) is 0 Å². The van der Waals surface area contributed by atoms with Crippen LogP contribution in [-0.4, -0.2) is 6.61 Å². The van der Waals surface area contributed by atoms with Gasteiger partial charge in [-0.25, -0.2) is 0 Å². The van der Waals surface area contributed by atoms with Crippen molar-refractivity contribution in [1.29, 1.82) is 0 Å². The van der Waals surface area contributed by atoms with Crippen LogP contribution in [0.1, 0.15) is 50.8 Å². The molecule has 2 rings (SSSR count). The van der Waals surface area contributed by atoms with Gasteiger partial charge in [0.15, 0.2) is 0 Å². The van der Waals surface area contributed by atoms with Crippen molar-refractivity contribution in [2.75, 3.05) is 6.61 Å². The van der Waals surface area contributed by atoms with Crippen LogP contribution in [0.5, 0.6) is 5.75 Å². The second kappa shape index (κ2) is 4.10. The first kappa shape index (κ1) is 11.5. The molecule has 2 N–H and O–H groups in total. The van der Waals surface area contributed by atoms with E-state index in [4.69, 9.17) is 10.5 Å². The summed E-state index contributed by atoms with van der Waals surface area (Å²) in [5.41, 5.74) is 8.84. The molecule has 16 heavy (non-hydrogen) atoms. The van der Waals surface area contributed by atoms with E-state index in [9.17, 15) is 0 Å². The minimum atomic E-state index is 0.125. The van der Waals surface area contributed by atoms with Crippen LogP contribution >= 0.6 is 0 Å². The summed E-state index contributed by atoms with van der Waals surface area (Å²) in [6.45, 7) is 7.45. The van der Waals surface area contributed by atoms with E-state index in [1.54, 1.807) is 0 Å². The van der Waals surface area contributed by atoms with E-state index >= 15 is 0 Å². The molecule has 2 nitrogen and oxygen atoms in total. The number of hydrogen-bond donors (Lipinski definition) is 1. The summed E-state index contributed by atoms with van der Waals surface area (Å²) in [5, 5.41) is 0. The van der Waals surface area contributed by atoms with Gasteiger partial charge >= 0.3 is 0 Å². The van der Waals surface area contributed by atoms with Gasteiger partial charge in [-0.2, -0.15) is 0 Å². The summed E-state index contributed by atoms with van der Waals surface area (Å²) in [6, 6.07) is 6.56. The summed E-state index contributed by atoms with van der Waals surface area (Å²) >= 11 is 0. The molecule has 0 saturated carbocycles. The van der Waals surface area contributed by atoms with Crippen molar-refractivity contribution < 1.29 is 4.74 Å². The van der Waals surface area contributed by atoms with E-state index in [2.05, 4.69) is 39.0 Å². The molecule has 0 aromatic heterocycles. The highest BCUT2D eigenvalue weighted by molar-refractivity contribution is 5.42. The third kappa shape index (κ3) is 2.22. The monoisotopic (exact) mass is 219 g/mol. The fraction of sp³-hybridized carbons (Fsp3) is 0.571. The van der Waals surface area contributed by atoms with Crippen LogP contribution in [0.15, 0.2) is 18.2 Å². The molecular formula is C14H21NO. The molecule has 1 aromatic carbocycles. The van der Waals surface area contributed by atoms with Gasteiger partial charge in [0, 0.05) is 11.6 Å². The third-order valence-electron chi connectivity index (χ3n) is 3.19. The summed E-state index contributed by atoms with van der Waals surface area (Å²) in [6.07, 6.45) is 2.06. The number of nitrogens with two attached hydrogens (primary N) is 1. The third-order valence-corrected chi connectivity index (χ3v) is 3.19. The van der Waals surface area contributed by atoms with Crippen molar-refractivity contribution >= 4 is 0 Å². The minimum absolute atomic E-state index is 0.125. The topological polar surface area (TPSA) is 35.2 Å². The second-order valence-corrected chi connectivity index (χ2v) is 5.60.